The van der Waals surface area contributed by atoms with Gasteiger partial charge in [-0.2, -0.15) is 0 Å². The highest BCUT2D eigenvalue weighted by atomic mass is 16.3. The van der Waals surface area contributed by atoms with Gasteiger partial charge in [-0.25, -0.2) is 0 Å². The molecule has 0 aliphatic carbocycles. The van der Waals surface area contributed by atoms with Crippen molar-refractivity contribution in [1.29, 1.82) is 0 Å². The van der Waals surface area contributed by atoms with E-state index in [1.165, 1.54) is 11.1 Å². The van der Waals surface area contributed by atoms with Gasteiger partial charge in [-0.1, -0.05) is 75.4 Å². The van der Waals surface area contributed by atoms with Crippen molar-refractivity contribution in [3.8, 4) is 0 Å². The fraction of sp³-hybridized carbons (Fsp3) is 0.368. The van der Waals surface area contributed by atoms with Crippen molar-refractivity contribution in [3.63, 3.8) is 0 Å². The van der Waals surface area contributed by atoms with E-state index in [0.717, 1.165) is 12.0 Å². The summed E-state index contributed by atoms with van der Waals surface area (Å²) in [6.45, 7) is 6.51. The van der Waals surface area contributed by atoms with E-state index in [4.69, 9.17) is 0 Å². The average molecular weight is 268 g/mol. The highest BCUT2D eigenvalue weighted by Crippen LogP contribution is 2.30. The number of rotatable bonds is 5. The molecule has 1 nitrogen and oxygen atoms in total. The van der Waals surface area contributed by atoms with E-state index in [1.54, 1.807) is 0 Å². The smallest absolute Gasteiger partial charge is 0.0855 e. The molecule has 0 amide bonds. The molecule has 20 heavy (non-hydrogen) atoms. The van der Waals surface area contributed by atoms with Crippen LogP contribution in [0.15, 0.2) is 54.6 Å². The third-order valence-corrected chi connectivity index (χ3v) is 3.74. The van der Waals surface area contributed by atoms with Crippen molar-refractivity contribution in [2.24, 2.45) is 5.92 Å². The standard InChI is InChI=1S/C19H24O/c1-14(2)12-16-8-7-11-18(13-16)19(20)15(3)17-9-5-4-6-10-17/h4-11,13-15,19-20H,12H2,1-3H3. The minimum absolute atomic E-state index is 0.102. The molecular weight excluding hydrogens is 244 g/mol. The largest absolute Gasteiger partial charge is 0.388 e. The van der Waals surface area contributed by atoms with Gasteiger partial charge in [0.15, 0.2) is 0 Å². The maximum absolute atomic E-state index is 10.6. The van der Waals surface area contributed by atoms with Gasteiger partial charge < -0.3 is 5.11 Å². The Morgan fingerprint density at radius 2 is 1.50 bits per heavy atom. The van der Waals surface area contributed by atoms with Gasteiger partial charge in [0.2, 0.25) is 0 Å². The number of aliphatic hydroxyl groups is 1. The second kappa shape index (κ2) is 6.71. The Morgan fingerprint density at radius 3 is 2.15 bits per heavy atom. The van der Waals surface area contributed by atoms with Crippen molar-refractivity contribution >= 4 is 0 Å². The first kappa shape index (κ1) is 14.8. The SMILES string of the molecule is CC(C)Cc1cccc(C(O)C(C)c2ccccc2)c1. The maximum Gasteiger partial charge on any atom is 0.0855 e. The second-order valence-electron chi connectivity index (χ2n) is 5.99. The number of benzene rings is 2. The lowest BCUT2D eigenvalue weighted by molar-refractivity contribution is 0.151. The fourth-order valence-corrected chi connectivity index (χ4v) is 2.60. The zero-order chi connectivity index (χ0) is 14.5. The van der Waals surface area contributed by atoms with Gasteiger partial charge in [0.1, 0.15) is 0 Å². The molecular formula is C19H24O. The predicted octanol–water partition coefficient (Wildman–Crippen LogP) is 4.72. The van der Waals surface area contributed by atoms with Crippen LogP contribution in [0, 0.1) is 5.92 Å². The number of hydrogen-bond donors (Lipinski definition) is 1. The van der Waals surface area contributed by atoms with Crippen molar-refractivity contribution in [1.82, 2.24) is 0 Å². The first-order valence-corrected chi connectivity index (χ1v) is 7.39. The Hall–Kier alpha value is -1.60. The molecule has 2 aromatic rings. The molecule has 0 spiro atoms. The summed E-state index contributed by atoms with van der Waals surface area (Å²) in [5.74, 6) is 0.736. The second-order valence-corrected chi connectivity index (χ2v) is 5.99. The number of hydrogen-bond acceptors (Lipinski definition) is 1. The molecule has 1 N–H and O–H groups in total. The summed E-state index contributed by atoms with van der Waals surface area (Å²) in [6.07, 6.45) is 0.602. The minimum atomic E-state index is -0.454. The molecule has 2 rings (SSSR count). The summed E-state index contributed by atoms with van der Waals surface area (Å²) in [6, 6.07) is 18.6. The van der Waals surface area contributed by atoms with E-state index >= 15 is 0 Å². The Morgan fingerprint density at radius 1 is 0.850 bits per heavy atom. The Bertz CT molecular complexity index is 530. The zero-order valence-corrected chi connectivity index (χ0v) is 12.6. The van der Waals surface area contributed by atoms with Crippen LogP contribution >= 0.6 is 0 Å². The van der Waals surface area contributed by atoms with Crippen LogP contribution in [0.2, 0.25) is 0 Å². The van der Waals surface area contributed by atoms with Crippen LogP contribution in [0.1, 0.15) is 49.5 Å². The van der Waals surface area contributed by atoms with Gasteiger partial charge in [0, 0.05) is 5.92 Å². The van der Waals surface area contributed by atoms with Crippen molar-refractivity contribution in [3.05, 3.63) is 71.3 Å². The van der Waals surface area contributed by atoms with E-state index in [-0.39, 0.29) is 5.92 Å². The lowest BCUT2D eigenvalue weighted by Gasteiger charge is -2.20. The molecule has 2 atom stereocenters. The molecule has 0 fully saturated rings. The lowest BCUT2D eigenvalue weighted by atomic mass is 9.89. The first-order chi connectivity index (χ1) is 9.58. The Labute approximate surface area is 122 Å². The van der Waals surface area contributed by atoms with Gasteiger partial charge in [-0.05, 0) is 29.0 Å². The van der Waals surface area contributed by atoms with Crippen LogP contribution in [-0.2, 0) is 6.42 Å². The van der Waals surface area contributed by atoms with Crippen LogP contribution in [0.25, 0.3) is 0 Å². The van der Waals surface area contributed by atoms with Crippen molar-refractivity contribution in [2.75, 3.05) is 0 Å². The molecule has 0 radical (unpaired) electrons. The van der Waals surface area contributed by atoms with Gasteiger partial charge in [-0.15, -0.1) is 0 Å². The summed E-state index contributed by atoms with van der Waals surface area (Å²) < 4.78 is 0. The van der Waals surface area contributed by atoms with Gasteiger partial charge in [-0.3, -0.25) is 0 Å². The molecule has 0 bridgehead atoms. The highest BCUT2D eigenvalue weighted by molar-refractivity contribution is 5.29. The van der Waals surface area contributed by atoms with Gasteiger partial charge >= 0.3 is 0 Å². The molecule has 0 aliphatic heterocycles. The molecule has 0 aliphatic rings. The van der Waals surface area contributed by atoms with Crippen LogP contribution < -0.4 is 0 Å². The van der Waals surface area contributed by atoms with E-state index < -0.39 is 6.10 Å². The van der Waals surface area contributed by atoms with Gasteiger partial charge in [0.25, 0.3) is 0 Å². The topological polar surface area (TPSA) is 20.2 Å². The quantitative estimate of drug-likeness (QED) is 0.831. The molecule has 1 heteroatoms. The maximum atomic E-state index is 10.6. The molecule has 2 aromatic carbocycles. The summed E-state index contributed by atoms with van der Waals surface area (Å²) in [7, 11) is 0. The van der Waals surface area contributed by atoms with Crippen LogP contribution in [0.4, 0.5) is 0 Å². The first-order valence-electron chi connectivity index (χ1n) is 7.39. The molecule has 106 valence electrons. The molecule has 2 unspecified atom stereocenters. The predicted molar refractivity (Wildman–Crippen MR) is 84.8 cm³/mol. The lowest BCUT2D eigenvalue weighted by Crippen LogP contribution is -2.08. The zero-order valence-electron chi connectivity index (χ0n) is 12.6. The van der Waals surface area contributed by atoms with E-state index in [9.17, 15) is 5.11 Å². The Kier molecular flexibility index (Phi) is 4.97. The molecule has 0 saturated carbocycles. The molecule has 0 aromatic heterocycles. The normalized spacial score (nSPS) is 14.2. The third-order valence-electron chi connectivity index (χ3n) is 3.74. The van der Waals surface area contributed by atoms with Crippen molar-refractivity contribution in [2.45, 2.75) is 39.2 Å². The van der Waals surface area contributed by atoms with Gasteiger partial charge in [0.05, 0.1) is 6.10 Å². The third kappa shape index (κ3) is 3.71. The monoisotopic (exact) mass is 268 g/mol. The highest BCUT2D eigenvalue weighted by Gasteiger charge is 2.18. The molecule has 0 saturated heterocycles. The Balaban J connectivity index is 2.18. The van der Waals surface area contributed by atoms with Crippen LogP contribution in [0.5, 0.6) is 0 Å². The number of aliphatic hydroxyl groups excluding tert-OH is 1. The van der Waals surface area contributed by atoms with E-state index in [0.29, 0.717) is 5.92 Å². The van der Waals surface area contributed by atoms with E-state index in [2.05, 4.69) is 45.0 Å². The molecule has 0 heterocycles. The fourth-order valence-electron chi connectivity index (χ4n) is 2.60. The van der Waals surface area contributed by atoms with Crippen molar-refractivity contribution < 1.29 is 5.11 Å². The summed E-state index contributed by atoms with van der Waals surface area (Å²) in [4.78, 5) is 0. The van der Waals surface area contributed by atoms with Crippen LogP contribution in [0.3, 0.4) is 0 Å². The van der Waals surface area contributed by atoms with E-state index in [1.807, 2.05) is 30.3 Å². The average Bonchev–Trinajstić information content (AvgIpc) is 2.46. The van der Waals surface area contributed by atoms with Crippen LogP contribution in [-0.4, -0.2) is 5.11 Å². The minimum Gasteiger partial charge on any atom is -0.388 e. The summed E-state index contributed by atoms with van der Waals surface area (Å²) in [5, 5.41) is 10.6. The summed E-state index contributed by atoms with van der Waals surface area (Å²) in [5.41, 5.74) is 3.49. The summed E-state index contributed by atoms with van der Waals surface area (Å²) >= 11 is 0.